The first kappa shape index (κ1) is 11.1. The fourth-order valence-electron chi connectivity index (χ4n) is 1.36. The summed E-state index contributed by atoms with van der Waals surface area (Å²) in [6, 6.07) is 1.75. The number of ketones is 1. The molecule has 0 aliphatic heterocycles. The third-order valence-electron chi connectivity index (χ3n) is 2.26. The molecule has 0 saturated carbocycles. The third kappa shape index (κ3) is 1.80. The first-order chi connectivity index (χ1) is 7.39. The van der Waals surface area contributed by atoms with Crippen molar-refractivity contribution in [2.75, 3.05) is 0 Å². The Morgan fingerprint density at radius 3 is 2.75 bits per heavy atom. The highest BCUT2D eigenvalue weighted by molar-refractivity contribution is 6.18. The minimum absolute atomic E-state index is 0.0419. The molecule has 0 N–H and O–H groups in total. The van der Waals surface area contributed by atoms with Gasteiger partial charge in [-0.1, -0.05) is 20.8 Å². The van der Waals surface area contributed by atoms with Gasteiger partial charge in [-0.2, -0.15) is 0 Å². The highest BCUT2D eigenvalue weighted by Crippen LogP contribution is 2.21. The Bertz CT molecular complexity index is 554. The lowest BCUT2D eigenvalue weighted by molar-refractivity contribution is 0.0853. The van der Waals surface area contributed by atoms with Gasteiger partial charge in [0, 0.05) is 23.4 Å². The van der Waals surface area contributed by atoms with Crippen LogP contribution in [0.25, 0.3) is 11.2 Å². The smallest absolute Gasteiger partial charge is 0.188 e. The van der Waals surface area contributed by atoms with E-state index in [-0.39, 0.29) is 5.78 Å². The minimum Gasteiger partial charge on any atom is -0.292 e. The van der Waals surface area contributed by atoms with Gasteiger partial charge in [-0.3, -0.25) is 9.78 Å². The highest BCUT2D eigenvalue weighted by atomic mass is 35.5. The van der Waals surface area contributed by atoms with Crippen LogP contribution in [0, 0.1) is 5.41 Å². The van der Waals surface area contributed by atoms with E-state index in [4.69, 9.17) is 11.8 Å². The van der Waals surface area contributed by atoms with Gasteiger partial charge in [-0.15, -0.1) is 0 Å². The SMILES string of the molecule is CC(C)(C)C(=O)c1cnc2ccn(Cl)c2n1. The van der Waals surface area contributed by atoms with Crippen molar-refractivity contribution >= 4 is 28.7 Å². The van der Waals surface area contributed by atoms with Gasteiger partial charge in [-0.05, 0) is 6.07 Å². The molecule has 0 aliphatic carbocycles. The molecule has 16 heavy (non-hydrogen) atoms. The molecule has 0 aromatic carbocycles. The summed E-state index contributed by atoms with van der Waals surface area (Å²) in [5, 5.41) is 0. The second-order valence-corrected chi connectivity index (χ2v) is 5.03. The second kappa shape index (κ2) is 3.56. The number of halogens is 1. The molecule has 5 heteroatoms. The third-order valence-corrected chi connectivity index (χ3v) is 2.53. The van der Waals surface area contributed by atoms with Gasteiger partial charge < -0.3 is 0 Å². The number of hydrogen-bond acceptors (Lipinski definition) is 3. The van der Waals surface area contributed by atoms with Crippen LogP contribution in [0.15, 0.2) is 18.5 Å². The maximum Gasteiger partial charge on any atom is 0.188 e. The van der Waals surface area contributed by atoms with Crippen LogP contribution in [-0.4, -0.2) is 19.8 Å². The van der Waals surface area contributed by atoms with Gasteiger partial charge in [0.1, 0.15) is 11.2 Å². The number of carbonyl (C=O) groups is 1. The number of nitrogens with zero attached hydrogens (tertiary/aromatic N) is 3. The average molecular weight is 238 g/mol. The van der Waals surface area contributed by atoms with E-state index in [0.717, 1.165) is 0 Å². The lowest BCUT2D eigenvalue weighted by Gasteiger charge is -2.15. The van der Waals surface area contributed by atoms with Crippen LogP contribution in [0.2, 0.25) is 0 Å². The Hall–Kier alpha value is -1.42. The maximum atomic E-state index is 12.0. The summed E-state index contributed by atoms with van der Waals surface area (Å²) in [5.74, 6) is -0.0419. The average Bonchev–Trinajstić information content (AvgIpc) is 2.58. The molecule has 0 spiro atoms. The molecule has 84 valence electrons. The zero-order valence-corrected chi connectivity index (χ0v) is 10.1. The molecule has 0 radical (unpaired) electrons. The summed E-state index contributed by atoms with van der Waals surface area (Å²) >= 11 is 5.87. The van der Waals surface area contributed by atoms with Crippen molar-refractivity contribution in [3.05, 3.63) is 24.2 Å². The summed E-state index contributed by atoms with van der Waals surface area (Å²) in [6.45, 7) is 5.54. The molecule has 2 rings (SSSR count). The van der Waals surface area contributed by atoms with Crippen LogP contribution in [0.3, 0.4) is 0 Å². The summed E-state index contributed by atoms with van der Waals surface area (Å²) in [4.78, 5) is 20.4. The van der Waals surface area contributed by atoms with Crippen LogP contribution in [0.1, 0.15) is 31.3 Å². The predicted molar refractivity (Wildman–Crippen MR) is 62.6 cm³/mol. The van der Waals surface area contributed by atoms with Crippen molar-refractivity contribution in [3.63, 3.8) is 0 Å². The van der Waals surface area contributed by atoms with E-state index in [1.807, 2.05) is 20.8 Å². The monoisotopic (exact) mass is 237 g/mol. The first-order valence-electron chi connectivity index (χ1n) is 4.94. The number of carbonyl (C=O) groups excluding carboxylic acids is 1. The zero-order valence-electron chi connectivity index (χ0n) is 9.36. The van der Waals surface area contributed by atoms with Gasteiger partial charge in [-0.25, -0.2) is 9.07 Å². The molecular weight excluding hydrogens is 226 g/mol. The Morgan fingerprint density at radius 2 is 2.12 bits per heavy atom. The molecule has 0 atom stereocenters. The minimum atomic E-state index is -0.466. The fourth-order valence-corrected chi connectivity index (χ4v) is 1.54. The van der Waals surface area contributed by atoms with Gasteiger partial charge in [0.2, 0.25) is 0 Å². The molecule has 0 amide bonds. The maximum absolute atomic E-state index is 12.0. The van der Waals surface area contributed by atoms with Crippen molar-refractivity contribution in [2.24, 2.45) is 5.41 Å². The molecule has 2 aromatic rings. The van der Waals surface area contributed by atoms with E-state index in [9.17, 15) is 4.79 Å². The largest absolute Gasteiger partial charge is 0.292 e. The standard InChI is InChI=1S/C11H12ClN3O/c1-11(2,3)9(16)8-6-13-7-4-5-15(12)10(7)14-8/h4-6H,1-3H3. The summed E-state index contributed by atoms with van der Waals surface area (Å²) in [6.07, 6.45) is 3.14. The molecule has 2 heterocycles. The van der Waals surface area contributed by atoms with Crippen LogP contribution in [-0.2, 0) is 0 Å². The topological polar surface area (TPSA) is 47.8 Å². The number of hydrogen-bond donors (Lipinski definition) is 0. The van der Waals surface area contributed by atoms with Crippen molar-refractivity contribution < 1.29 is 4.79 Å². The Balaban J connectivity index is 2.55. The van der Waals surface area contributed by atoms with E-state index in [1.54, 1.807) is 12.3 Å². The molecule has 0 unspecified atom stereocenters. The first-order valence-corrected chi connectivity index (χ1v) is 5.28. The molecule has 4 nitrogen and oxygen atoms in total. The zero-order chi connectivity index (χ0) is 11.9. The normalized spacial score (nSPS) is 12.0. The number of Topliss-reactive ketones (excluding diaryl/α,β-unsaturated/α-hetero) is 1. The van der Waals surface area contributed by atoms with E-state index >= 15 is 0 Å². The fraction of sp³-hybridized carbons (Fsp3) is 0.364. The van der Waals surface area contributed by atoms with Crippen molar-refractivity contribution in [3.8, 4) is 0 Å². The van der Waals surface area contributed by atoms with Crippen molar-refractivity contribution in [1.82, 2.24) is 14.1 Å². The summed E-state index contributed by atoms with van der Waals surface area (Å²) < 4.78 is 1.34. The Morgan fingerprint density at radius 1 is 1.44 bits per heavy atom. The molecular formula is C11H12ClN3O. The van der Waals surface area contributed by atoms with Gasteiger partial charge >= 0.3 is 0 Å². The molecule has 0 aliphatic rings. The van der Waals surface area contributed by atoms with Crippen molar-refractivity contribution in [1.29, 1.82) is 0 Å². The molecule has 0 fully saturated rings. The highest BCUT2D eigenvalue weighted by Gasteiger charge is 2.24. The van der Waals surface area contributed by atoms with Crippen LogP contribution in [0.4, 0.5) is 0 Å². The van der Waals surface area contributed by atoms with Gasteiger partial charge in [0.15, 0.2) is 11.4 Å². The second-order valence-electron chi connectivity index (χ2n) is 4.67. The van der Waals surface area contributed by atoms with E-state index in [0.29, 0.717) is 16.9 Å². The number of fused-ring (bicyclic) bond motifs is 1. The number of rotatable bonds is 1. The van der Waals surface area contributed by atoms with Gasteiger partial charge in [0.25, 0.3) is 0 Å². The van der Waals surface area contributed by atoms with Gasteiger partial charge in [0.05, 0.1) is 6.20 Å². The predicted octanol–water partition coefficient (Wildman–Crippen LogP) is 2.66. The molecule has 0 saturated heterocycles. The Labute approximate surface area is 98.4 Å². The van der Waals surface area contributed by atoms with Crippen LogP contribution >= 0.6 is 11.8 Å². The van der Waals surface area contributed by atoms with E-state index in [1.165, 1.54) is 10.3 Å². The lowest BCUT2D eigenvalue weighted by atomic mass is 9.89. The summed E-state index contributed by atoms with van der Waals surface area (Å²) in [5.41, 5.74) is 1.07. The molecule has 2 aromatic heterocycles. The quantitative estimate of drug-likeness (QED) is 0.717. The van der Waals surface area contributed by atoms with E-state index in [2.05, 4.69) is 9.97 Å². The van der Waals surface area contributed by atoms with E-state index < -0.39 is 5.41 Å². The van der Waals surface area contributed by atoms with Crippen LogP contribution in [0.5, 0.6) is 0 Å². The Kier molecular flexibility index (Phi) is 2.46. The molecule has 0 bridgehead atoms. The summed E-state index contributed by atoms with van der Waals surface area (Å²) in [7, 11) is 0. The lowest BCUT2D eigenvalue weighted by Crippen LogP contribution is -2.21. The van der Waals surface area contributed by atoms with Crippen LogP contribution < -0.4 is 0 Å². The number of aromatic nitrogens is 3. The van der Waals surface area contributed by atoms with Crippen molar-refractivity contribution in [2.45, 2.75) is 20.8 Å².